The van der Waals surface area contributed by atoms with Crippen molar-refractivity contribution in [2.24, 2.45) is 0 Å². The van der Waals surface area contributed by atoms with E-state index in [2.05, 4.69) is 54.6 Å². The number of benzene rings is 1. The number of hydrogen-bond donors (Lipinski definition) is 2. The fourth-order valence-electron chi connectivity index (χ4n) is 1.93. The lowest BCUT2D eigenvalue weighted by molar-refractivity contribution is 0.403. The maximum absolute atomic E-state index is 5.54. The van der Waals surface area contributed by atoms with E-state index in [1.165, 1.54) is 26.7 Å². The Kier molecular flexibility index (Phi) is 5.83. The minimum Gasteiger partial charge on any atom is -0.496 e. The van der Waals surface area contributed by atoms with E-state index in [0.717, 1.165) is 24.6 Å². The van der Waals surface area contributed by atoms with E-state index in [9.17, 15) is 0 Å². The molecule has 96 valence electrons. The predicted molar refractivity (Wildman–Crippen MR) is 80.5 cm³/mol. The lowest BCUT2D eigenvalue weighted by atomic mass is 9.99. The van der Waals surface area contributed by atoms with E-state index in [4.69, 9.17) is 4.74 Å². The smallest absolute Gasteiger partial charge is 0.126 e. The number of hydrogen-bond acceptors (Lipinski definition) is 3. The average molecular weight is 318 g/mol. The molecular weight excluding hydrogens is 298 g/mol. The molecule has 0 fully saturated rings. The molecule has 0 heterocycles. The van der Waals surface area contributed by atoms with Crippen LogP contribution in [0.25, 0.3) is 0 Å². The Morgan fingerprint density at radius 3 is 2.35 bits per heavy atom. The van der Waals surface area contributed by atoms with Gasteiger partial charge in [0, 0.05) is 28.9 Å². The van der Waals surface area contributed by atoms with Crippen LogP contribution in [0.5, 0.6) is 5.75 Å². The Labute approximate surface area is 118 Å². The summed E-state index contributed by atoms with van der Waals surface area (Å²) >= 11 is 7.85. The molecule has 1 rings (SSSR count). The van der Waals surface area contributed by atoms with Gasteiger partial charge in [0.25, 0.3) is 0 Å². The standard InChI is InChI=1S/C13H20BrNOS/c1-8-9(2)13(16-4)11(7-15-5-6-17)10(3)12(8)14/h15,17H,5-7H2,1-4H3. The second-order valence-corrected chi connectivity index (χ2v) is 5.34. The molecule has 0 atom stereocenters. The summed E-state index contributed by atoms with van der Waals surface area (Å²) in [7, 11) is 1.73. The summed E-state index contributed by atoms with van der Waals surface area (Å²) in [5.41, 5.74) is 4.92. The summed E-state index contributed by atoms with van der Waals surface area (Å²) in [4.78, 5) is 0. The highest BCUT2D eigenvalue weighted by Gasteiger charge is 2.15. The van der Waals surface area contributed by atoms with Gasteiger partial charge in [0.05, 0.1) is 7.11 Å². The molecule has 0 bridgehead atoms. The van der Waals surface area contributed by atoms with Crippen LogP contribution in [0.2, 0.25) is 0 Å². The van der Waals surface area contributed by atoms with Gasteiger partial charge in [-0.05, 0) is 37.5 Å². The van der Waals surface area contributed by atoms with E-state index in [1.807, 2.05) is 0 Å². The molecule has 0 unspecified atom stereocenters. The molecule has 0 saturated carbocycles. The maximum Gasteiger partial charge on any atom is 0.126 e. The quantitative estimate of drug-likeness (QED) is 0.641. The largest absolute Gasteiger partial charge is 0.496 e. The summed E-state index contributed by atoms with van der Waals surface area (Å²) in [6, 6.07) is 0. The summed E-state index contributed by atoms with van der Waals surface area (Å²) in [6.07, 6.45) is 0. The van der Waals surface area contributed by atoms with Crippen molar-refractivity contribution in [3.8, 4) is 5.75 Å². The summed E-state index contributed by atoms with van der Waals surface area (Å²) < 4.78 is 6.72. The molecular formula is C13H20BrNOS. The third-order valence-electron chi connectivity index (χ3n) is 3.08. The van der Waals surface area contributed by atoms with Crippen molar-refractivity contribution in [2.75, 3.05) is 19.4 Å². The zero-order chi connectivity index (χ0) is 13.0. The lowest BCUT2D eigenvalue weighted by Crippen LogP contribution is -2.18. The molecule has 17 heavy (non-hydrogen) atoms. The van der Waals surface area contributed by atoms with Gasteiger partial charge < -0.3 is 10.1 Å². The molecule has 0 spiro atoms. The van der Waals surface area contributed by atoms with Gasteiger partial charge in [-0.15, -0.1) is 0 Å². The molecule has 0 aliphatic carbocycles. The minimum atomic E-state index is 0.815. The summed E-state index contributed by atoms with van der Waals surface area (Å²) in [5.74, 6) is 1.84. The van der Waals surface area contributed by atoms with Crippen LogP contribution in [-0.4, -0.2) is 19.4 Å². The van der Waals surface area contributed by atoms with Crippen LogP contribution in [0.1, 0.15) is 22.3 Å². The third-order valence-corrected chi connectivity index (χ3v) is 4.50. The highest BCUT2D eigenvalue weighted by molar-refractivity contribution is 9.10. The molecule has 2 nitrogen and oxygen atoms in total. The first-order valence-electron chi connectivity index (χ1n) is 5.68. The maximum atomic E-state index is 5.54. The van der Waals surface area contributed by atoms with E-state index in [1.54, 1.807) is 7.11 Å². The van der Waals surface area contributed by atoms with Crippen LogP contribution < -0.4 is 10.1 Å². The van der Waals surface area contributed by atoms with E-state index < -0.39 is 0 Å². The van der Waals surface area contributed by atoms with Crippen molar-refractivity contribution < 1.29 is 4.74 Å². The highest BCUT2D eigenvalue weighted by Crippen LogP contribution is 2.35. The zero-order valence-electron chi connectivity index (χ0n) is 10.9. The normalized spacial score (nSPS) is 10.7. The van der Waals surface area contributed by atoms with Crippen molar-refractivity contribution in [1.82, 2.24) is 5.32 Å². The predicted octanol–water partition coefficient (Wildman–Crippen LogP) is 3.40. The second kappa shape index (κ2) is 6.66. The Morgan fingerprint density at radius 2 is 1.82 bits per heavy atom. The van der Waals surface area contributed by atoms with E-state index >= 15 is 0 Å². The van der Waals surface area contributed by atoms with Crippen LogP contribution in [-0.2, 0) is 6.54 Å². The van der Waals surface area contributed by atoms with Crippen LogP contribution in [0.4, 0.5) is 0 Å². The fraction of sp³-hybridized carbons (Fsp3) is 0.538. The average Bonchev–Trinajstić information content (AvgIpc) is 2.33. The Morgan fingerprint density at radius 1 is 1.18 bits per heavy atom. The van der Waals surface area contributed by atoms with Gasteiger partial charge in [0.2, 0.25) is 0 Å². The Hall–Kier alpha value is -0.190. The fourth-order valence-corrected chi connectivity index (χ4v) is 2.62. The Bertz CT molecular complexity index is 407. The molecule has 0 saturated heterocycles. The van der Waals surface area contributed by atoms with Gasteiger partial charge in [0.15, 0.2) is 0 Å². The summed E-state index contributed by atoms with van der Waals surface area (Å²) in [6.45, 7) is 8.04. The van der Waals surface area contributed by atoms with Gasteiger partial charge in [0.1, 0.15) is 5.75 Å². The Balaban J connectivity index is 3.17. The molecule has 1 N–H and O–H groups in total. The van der Waals surface area contributed by atoms with Crippen molar-refractivity contribution in [2.45, 2.75) is 27.3 Å². The van der Waals surface area contributed by atoms with Crippen LogP contribution in [0, 0.1) is 20.8 Å². The van der Waals surface area contributed by atoms with Crippen LogP contribution in [0.15, 0.2) is 4.47 Å². The van der Waals surface area contributed by atoms with Gasteiger partial charge in [-0.3, -0.25) is 0 Å². The molecule has 4 heteroatoms. The van der Waals surface area contributed by atoms with Gasteiger partial charge >= 0.3 is 0 Å². The second-order valence-electron chi connectivity index (χ2n) is 4.10. The topological polar surface area (TPSA) is 21.3 Å². The SMILES string of the molecule is COc1c(C)c(C)c(Br)c(C)c1CNCCS. The number of rotatable bonds is 5. The molecule has 1 aromatic carbocycles. The van der Waals surface area contributed by atoms with Crippen molar-refractivity contribution in [1.29, 1.82) is 0 Å². The van der Waals surface area contributed by atoms with E-state index in [-0.39, 0.29) is 0 Å². The highest BCUT2D eigenvalue weighted by atomic mass is 79.9. The van der Waals surface area contributed by atoms with E-state index in [0.29, 0.717) is 0 Å². The van der Waals surface area contributed by atoms with Gasteiger partial charge in [-0.1, -0.05) is 15.9 Å². The molecule has 1 aromatic rings. The molecule has 0 aliphatic rings. The van der Waals surface area contributed by atoms with Gasteiger partial charge in [-0.25, -0.2) is 0 Å². The summed E-state index contributed by atoms with van der Waals surface area (Å²) in [5, 5.41) is 3.36. The zero-order valence-corrected chi connectivity index (χ0v) is 13.3. The minimum absolute atomic E-state index is 0.815. The molecule has 0 aromatic heterocycles. The molecule has 0 radical (unpaired) electrons. The molecule has 0 amide bonds. The molecule has 0 aliphatic heterocycles. The van der Waals surface area contributed by atoms with Crippen molar-refractivity contribution in [3.63, 3.8) is 0 Å². The number of thiol groups is 1. The van der Waals surface area contributed by atoms with Crippen molar-refractivity contribution >= 4 is 28.6 Å². The monoisotopic (exact) mass is 317 g/mol. The number of ether oxygens (including phenoxy) is 1. The number of methoxy groups -OCH3 is 1. The lowest BCUT2D eigenvalue weighted by Gasteiger charge is -2.19. The number of halogens is 1. The van der Waals surface area contributed by atoms with Gasteiger partial charge in [-0.2, -0.15) is 12.6 Å². The van der Waals surface area contributed by atoms with Crippen LogP contribution in [0.3, 0.4) is 0 Å². The van der Waals surface area contributed by atoms with Crippen molar-refractivity contribution in [3.05, 3.63) is 26.7 Å². The number of nitrogens with one attached hydrogen (secondary N) is 1. The first kappa shape index (κ1) is 14.9. The first-order valence-corrected chi connectivity index (χ1v) is 7.10. The first-order chi connectivity index (χ1) is 8.04. The van der Waals surface area contributed by atoms with Crippen LogP contribution >= 0.6 is 28.6 Å². The third kappa shape index (κ3) is 3.18.